The number of ether oxygens (including phenoxy) is 1. The zero-order chi connectivity index (χ0) is 35.5. The Morgan fingerprint density at radius 1 is 0.917 bits per heavy atom. The molecule has 262 valence electrons. The van der Waals surface area contributed by atoms with E-state index in [-0.39, 0.29) is 42.8 Å². The number of nitrogens with zero attached hydrogens (tertiary/aromatic N) is 1. The molecule has 0 saturated heterocycles. The Kier molecular flexibility index (Phi) is 14.1. The van der Waals surface area contributed by atoms with Crippen LogP contribution >= 0.6 is 0 Å². The Morgan fingerprint density at radius 3 is 2.15 bits per heavy atom. The second-order valence-electron chi connectivity index (χ2n) is 13.5. The highest BCUT2D eigenvalue weighted by molar-refractivity contribution is 7.89. The Hall–Kier alpha value is -3.84. The number of hydrogen-bond donors (Lipinski definition) is 4. The molecule has 3 aromatic rings. The fourth-order valence-corrected chi connectivity index (χ4v) is 6.91. The van der Waals surface area contributed by atoms with Crippen LogP contribution in [0.4, 0.5) is 10.1 Å². The van der Waals surface area contributed by atoms with Crippen molar-refractivity contribution in [2.24, 2.45) is 11.3 Å². The second kappa shape index (κ2) is 17.5. The van der Waals surface area contributed by atoms with Crippen LogP contribution in [0.5, 0.6) is 0 Å². The standard InChI is InChI=1S/C36H50FN5O5S/c1-25(2)23-42(48(45,46)30-17-15-29(38)16-18-30)24-32(47-6)31(20-26-11-8-7-9-12-26)40-35(44)34(36(3,4)5)41-33(43)22-39-21-27-13-10-14-28(37)19-27/h7-19,25,31-32,34,39H,20-24,38H2,1-6H3,(H,40,44)(H,41,43)/t31-,32+,34+/m0/s1. The van der Waals surface area contributed by atoms with Gasteiger partial charge in [0.2, 0.25) is 21.8 Å². The number of methoxy groups -OCH3 is 1. The molecule has 0 aromatic heterocycles. The van der Waals surface area contributed by atoms with Crippen LogP contribution in [0.2, 0.25) is 0 Å². The van der Waals surface area contributed by atoms with Crippen LogP contribution in [0.15, 0.2) is 83.8 Å². The molecule has 5 N–H and O–H groups in total. The van der Waals surface area contributed by atoms with Gasteiger partial charge in [-0.05, 0) is 65.3 Å². The molecule has 12 heteroatoms. The number of benzene rings is 3. The molecule has 0 radical (unpaired) electrons. The SMILES string of the molecule is CO[C@H](CN(CC(C)C)S(=O)(=O)c1ccc(N)cc1)[C@H](Cc1ccccc1)NC(=O)[C@@H](NC(=O)CNCc1cccc(F)c1)C(C)(C)C. The minimum atomic E-state index is -3.94. The number of hydrogen-bond acceptors (Lipinski definition) is 7. The summed E-state index contributed by atoms with van der Waals surface area (Å²) in [7, 11) is -2.45. The molecule has 0 saturated carbocycles. The lowest BCUT2D eigenvalue weighted by Gasteiger charge is -2.35. The summed E-state index contributed by atoms with van der Waals surface area (Å²) in [6.07, 6.45) is -0.400. The highest BCUT2D eigenvalue weighted by Crippen LogP contribution is 2.23. The van der Waals surface area contributed by atoms with Crippen LogP contribution in [0.3, 0.4) is 0 Å². The van der Waals surface area contributed by atoms with Gasteiger partial charge in [0, 0.05) is 32.4 Å². The second-order valence-corrected chi connectivity index (χ2v) is 15.4. The lowest BCUT2D eigenvalue weighted by molar-refractivity contribution is -0.132. The molecular formula is C36H50FN5O5S. The van der Waals surface area contributed by atoms with E-state index in [0.29, 0.717) is 17.7 Å². The van der Waals surface area contributed by atoms with Crippen LogP contribution in [0.1, 0.15) is 45.7 Å². The van der Waals surface area contributed by atoms with Gasteiger partial charge >= 0.3 is 0 Å². The molecule has 3 atom stereocenters. The molecule has 10 nitrogen and oxygen atoms in total. The van der Waals surface area contributed by atoms with Gasteiger partial charge in [-0.15, -0.1) is 0 Å². The van der Waals surface area contributed by atoms with Gasteiger partial charge in [0.05, 0.1) is 23.6 Å². The maximum absolute atomic E-state index is 14.0. The van der Waals surface area contributed by atoms with Crippen LogP contribution in [-0.4, -0.2) is 69.5 Å². The van der Waals surface area contributed by atoms with Crippen molar-refractivity contribution in [1.29, 1.82) is 0 Å². The van der Waals surface area contributed by atoms with E-state index < -0.39 is 45.4 Å². The van der Waals surface area contributed by atoms with E-state index in [4.69, 9.17) is 10.5 Å². The van der Waals surface area contributed by atoms with Crippen molar-refractivity contribution in [1.82, 2.24) is 20.3 Å². The quantitative estimate of drug-likeness (QED) is 0.157. The minimum absolute atomic E-state index is 0.00299. The number of halogens is 1. The summed E-state index contributed by atoms with van der Waals surface area (Å²) >= 11 is 0. The number of carbonyl (C=O) groups excluding carboxylic acids is 2. The first-order valence-electron chi connectivity index (χ1n) is 16.1. The molecule has 0 aliphatic rings. The molecule has 2 amide bonds. The van der Waals surface area contributed by atoms with Gasteiger partial charge in [-0.25, -0.2) is 12.8 Å². The third-order valence-corrected chi connectivity index (χ3v) is 9.63. The summed E-state index contributed by atoms with van der Waals surface area (Å²) in [4.78, 5) is 27.1. The van der Waals surface area contributed by atoms with Crippen LogP contribution in [0, 0.1) is 17.2 Å². The van der Waals surface area contributed by atoms with Crippen LogP contribution < -0.4 is 21.7 Å². The summed E-state index contributed by atoms with van der Waals surface area (Å²) in [6.45, 7) is 9.79. The molecule has 0 unspecified atom stereocenters. The van der Waals surface area contributed by atoms with Crippen molar-refractivity contribution < 1.29 is 27.1 Å². The first kappa shape index (κ1) is 38.6. The smallest absolute Gasteiger partial charge is 0.243 e. The fourth-order valence-electron chi connectivity index (χ4n) is 5.30. The molecule has 0 spiro atoms. The van der Waals surface area contributed by atoms with Crippen LogP contribution in [0.25, 0.3) is 0 Å². The van der Waals surface area contributed by atoms with E-state index in [0.717, 1.165) is 5.56 Å². The average Bonchev–Trinajstić information content (AvgIpc) is 3.01. The summed E-state index contributed by atoms with van der Waals surface area (Å²) in [6, 6.07) is 20.1. The Labute approximate surface area is 284 Å². The molecular weight excluding hydrogens is 633 g/mol. The average molecular weight is 684 g/mol. The van der Waals surface area contributed by atoms with Crippen molar-refractivity contribution >= 4 is 27.5 Å². The summed E-state index contributed by atoms with van der Waals surface area (Å²) < 4.78 is 48.6. The lowest BCUT2D eigenvalue weighted by atomic mass is 9.85. The molecule has 0 fully saturated rings. The molecule has 3 rings (SSSR count). The van der Waals surface area contributed by atoms with Crippen molar-refractivity contribution in [3.8, 4) is 0 Å². The first-order chi connectivity index (χ1) is 22.6. The number of amides is 2. The van der Waals surface area contributed by atoms with E-state index >= 15 is 0 Å². The largest absolute Gasteiger partial charge is 0.399 e. The van der Waals surface area contributed by atoms with Gasteiger partial charge < -0.3 is 26.4 Å². The monoisotopic (exact) mass is 683 g/mol. The third kappa shape index (κ3) is 11.7. The number of anilines is 1. The first-order valence-corrected chi connectivity index (χ1v) is 17.5. The molecule has 48 heavy (non-hydrogen) atoms. The highest BCUT2D eigenvalue weighted by atomic mass is 32.2. The van der Waals surface area contributed by atoms with E-state index in [1.54, 1.807) is 24.3 Å². The van der Waals surface area contributed by atoms with Gasteiger partial charge in [0.25, 0.3) is 0 Å². The summed E-state index contributed by atoms with van der Waals surface area (Å²) in [5.74, 6) is -1.19. The number of rotatable bonds is 17. The van der Waals surface area contributed by atoms with E-state index in [2.05, 4.69) is 16.0 Å². The lowest BCUT2D eigenvalue weighted by Crippen LogP contribution is -2.59. The van der Waals surface area contributed by atoms with Crippen molar-refractivity contribution in [2.75, 3.05) is 32.5 Å². The number of carbonyl (C=O) groups is 2. The molecule has 0 heterocycles. The summed E-state index contributed by atoms with van der Waals surface area (Å²) in [5, 5.41) is 8.94. The summed E-state index contributed by atoms with van der Waals surface area (Å²) in [5.41, 5.74) is 7.19. The molecule has 3 aromatic carbocycles. The zero-order valence-electron chi connectivity index (χ0n) is 28.7. The topological polar surface area (TPSA) is 143 Å². The van der Waals surface area contributed by atoms with Crippen molar-refractivity contribution in [3.05, 3.63) is 95.8 Å². The third-order valence-electron chi connectivity index (χ3n) is 7.79. The number of sulfonamides is 1. The van der Waals surface area contributed by atoms with Gasteiger partial charge in [-0.1, -0.05) is 77.1 Å². The predicted octanol–water partition coefficient (Wildman–Crippen LogP) is 4.12. The van der Waals surface area contributed by atoms with Crippen molar-refractivity contribution in [2.45, 2.75) is 70.7 Å². The Bertz CT molecular complexity index is 1580. The van der Waals surface area contributed by atoms with Gasteiger partial charge in [-0.2, -0.15) is 4.31 Å². The Morgan fingerprint density at radius 2 is 1.56 bits per heavy atom. The Balaban J connectivity index is 1.84. The van der Waals surface area contributed by atoms with Gasteiger partial charge in [0.1, 0.15) is 11.9 Å². The molecule has 0 bridgehead atoms. The van der Waals surface area contributed by atoms with E-state index in [9.17, 15) is 22.4 Å². The fraction of sp³-hybridized carbons (Fsp3) is 0.444. The van der Waals surface area contributed by atoms with Gasteiger partial charge in [0.15, 0.2) is 0 Å². The highest BCUT2D eigenvalue weighted by Gasteiger charge is 2.37. The minimum Gasteiger partial charge on any atom is -0.399 e. The maximum atomic E-state index is 14.0. The normalized spacial score (nSPS) is 14.0. The van der Waals surface area contributed by atoms with Crippen molar-refractivity contribution in [3.63, 3.8) is 0 Å². The number of nitrogens with one attached hydrogen (secondary N) is 3. The van der Waals surface area contributed by atoms with E-state index in [1.165, 1.54) is 35.7 Å². The zero-order valence-corrected chi connectivity index (χ0v) is 29.5. The predicted molar refractivity (Wildman–Crippen MR) is 187 cm³/mol. The van der Waals surface area contributed by atoms with Gasteiger partial charge in [-0.3, -0.25) is 9.59 Å². The van der Waals surface area contributed by atoms with E-state index in [1.807, 2.05) is 65.0 Å². The number of nitrogen functional groups attached to an aromatic ring is 1. The molecule has 0 aliphatic heterocycles. The number of nitrogens with two attached hydrogens (primary N) is 1. The van der Waals surface area contributed by atoms with Crippen LogP contribution in [-0.2, 0) is 37.3 Å². The maximum Gasteiger partial charge on any atom is 0.243 e. The molecule has 0 aliphatic carbocycles.